The van der Waals surface area contributed by atoms with Crippen molar-refractivity contribution in [3.05, 3.63) is 90.0 Å². The van der Waals surface area contributed by atoms with Crippen molar-refractivity contribution in [3.8, 4) is 11.5 Å². The minimum absolute atomic E-state index is 0.0828. The summed E-state index contributed by atoms with van der Waals surface area (Å²) in [5.41, 5.74) is 2.18. The maximum atomic E-state index is 13.3. The second-order valence-corrected chi connectivity index (χ2v) is 9.63. The fourth-order valence-electron chi connectivity index (χ4n) is 3.70. The van der Waals surface area contributed by atoms with Crippen molar-refractivity contribution in [2.24, 2.45) is 0 Å². The minimum Gasteiger partial charge on any atom is -0.497 e. The maximum absolute atomic E-state index is 13.3. The lowest BCUT2D eigenvalue weighted by Gasteiger charge is -2.34. The zero-order valence-electron chi connectivity index (χ0n) is 18.3. The van der Waals surface area contributed by atoms with Crippen LogP contribution >= 0.6 is 0 Å². The number of hydrogen-bond acceptors (Lipinski definition) is 5. The predicted molar refractivity (Wildman–Crippen MR) is 127 cm³/mol. The molecular weight excluding hydrogens is 440 g/mol. The van der Waals surface area contributed by atoms with E-state index in [1.165, 1.54) is 4.31 Å². The van der Waals surface area contributed by atoms with Crippen LogP contribution in [0.3, 0.4) is 0 Å². The fraction of sp³-hybridized carbons (Fsp3) is 0.240. The number of para-hydroxylation sites is 2. The molecule has 0 spiro atoms. The fourth-order valence-corrected chi connectivity index (χ4v) is 5.28. The van der Waals surface area contributed by atoms with Gasteiger partial charge < -0.3 is 14.8 Å². The van der Waals surface area contributed by atoms with E-state index in [4.69, 9.17) is 9.47 Å². The minimum atomic E-state index is -3.72. The zero-order chi connectivity index (χ0) is 23.3. The van der Waals surface area contributed by atoms with Crippen LogP contribution in [0.4, 0.5) is 5.69 Å². The molecule has 1 heterocycles. The Bertz CT molecular complexity index is 1200. The molecular formula is C25H26N2O5S. The lowest BCUT2D eigenvalue weighted by atomic mass is 10.1. The lowest BCUT2D eigenvalue weighted by molar-refractivity contribution is -0.127. The molecule has 1 aliphatic rings. The standard InChI is InChI=1S/C25H26N2O5S/c1-31-21-13-11-19(12-14-21)15-16-26-25(28)24-17-27(22-9-5-6-10-23(22)32-24)33(29,30)18-20-7-3-2-4-8-20/h2-14,24H,15-18H2,1H3,(H,26,28)/t24-/m1/s1. The third-order valence-electron chi connectivity index (χ3n) is 5.43. The van der Waals surface area contributed by atoms with Crippen LogP contribution in [-0.2, 0) is 27.0 Å². The third kappa shape index (κ3) is 5.46. The van der Waals surface area contributed by atoms with Crippen LogP contribution in [0.2, 0.25) is 0 Å². The summed E-state index contributed by atoms with van der Waals surface area (Å²) in [7, 11) is -2.11. The first-order valence-electron chi connectivity index (χ1n) is 10.7. The molecule has 3 aromatic carbocycles. The maximum Gasteiger partial charge on any atom is 0.263 e. The number of nitrogens with one attached hydrogen (secondary N) is 1. The van der Waals surface area contributed by atoms with Gasteiger partial charge in [0.1, 0.15) is 11.5 Å². The van der Waals surface area contributed by atoms with Gasteiger partial charge in [-0.2, -0.15) is 0 Å². The van der Waals surface area contributed by atoms with Gasteiger partial charge in [0.25, 0.3) is 5.91 Å². The first-order valence-corrected chi connectivity index (χ1v) is 12.3. The number of hydrogen-bond donors (Lipinski definition) is 1. The van der Waals surface area contributed by atoms with E-state index in [-0.39, 0.29) is 18.2 Å². The summed E-state index contributed by atoms with van der Waals surface area (Å²) < 4.78 is 38.8. The number of nitrogens with zero attached hydrogens (tertiary/aromatic N) is 1. The summed E-state index contributed by atoms with van der Waals surface area (Å²) in [6, 6.07) is 23.5. The van der Waals surface area contributed by atoms with Crippen molar-refractivity contribution >= 4 is 21.6 Å². The second kappa shape index (κ2) is 9.95. The summed E-state index contributed by atoms with van der Waals surface area (Å²) in [6.45, 7) is 0.323. The third-order valence-corrected chi connectivity index (χ3v) is 7.14. The molecule has 0 unspecified atom stereocenters. The number of methoxy groups -OCH3 is 1. The number of amides is 1. The molecule has 0 aromatic heterocycles. The first kappa shape index (κ1) is 22.7. The predicted octanol–water partition coefficient (Wildman–Crippen LogP) is 3.15. The first-order chi connectivity index (χ1) is 16.0. The molecule has 0 aliphatic carbocycles. The van der Waals surface area contributed by atoms with Crippen molar-refractivity contribution in [1.29, 1.82) is 0 Å². The number of benzene rings is 3. The summed E-state index contributed by atoms with van der Waals surface area (Å²) in [4.78, 5) is 12.9. The number of rotatable bonds is 8. The highest BCUT2D eigenvalue weighted by Gasteiger charge is 2.36. The number of carbonyl (C=O) groups excluding carboxylic acids is 1. The molecule has 1 N–H and O–H groups in total. The molecule has 8 heteroatoms. The van der Waals surface area contributed by atoms with E-state index in [9.17, 15) is 13.2 Å². The van der Waals surface area contributed by atoms with Crippen LogP contribution in [0, 0.1) is 0 Å². The molecule has 1 amide bonds. The van der Waals surface area contributed by atoms with Gasteiger partial charge in [-0.15, -0.1) is 0 Å². The van der Waals surface area contributed by atoms with Crippen LogP contribution in [0.5, 0.6) is 11.5 Å². The molecule has 7 nitrogen and oxygen atoms in total. The molecule has 1 aliphatic heterocycles. The van der Waals surface area contributed by atoms with Crippen LogP contribution in [0.25, 0.3) is 0 Å². The van der Waals surface area contributed by atoms with E-state index in [0.717, 1.165) is 11.3 Å². The molecule has 1 atom stereocenters. The largest absolute Gasteiger partial charge is 0.497 e. The monoisotopic (exact) mass is 466 g/mol. The number of sulfonamides is 1. The lowest BCUT2D eigenvalue weighted by Crippen LogP contribution is -2.51. The molecule has 0 saturated heterocycles. The zero-order valence-corrected chi connectivity index (χ0v) is 19.1. The molecule has 0 saturated carbocycles. The normalized spacial score (nSPS) is 15.3. The van der Waals surface area contributed by atoms with Gasteiger partial charge >= 0.3 is 0 Å². The Kier molecular flexibility index (Phi) is 6.84. The molecule has 4 rings (SSSR count). The topological polar surface area (TPSA) is 84.9 Å². The van der Waals surface area contributed by atoms with E-state index < -0.39 is 16.1 Å². The molecule has 0 fully saturated rings. The van der Waals surface area contributed by atoms with Crippen molar-refractivity contribution in [2.45, 2.75) is 18.3 Å². The van der Waals surface area contributed by atoms with Crippen LogP contribution in [-0.4, -0.2) is 40.6 Å². The SMILES string of the molecule is COc1ccc(CCNC(=O)[C@H]2CN(S(=O)(=O)Cc3ccccc3)c3ccccc3O2)cc1. The van der Waals surface area contributed by atoms with Crippen molar-refractivity contribution < 1.29 is 22.7 Å². The molecule has 3 aromatic rings. The summed E-state index contributed by atoms with van der Waals surface area (Å²) in [5, 5.41) is 2.87. The van der Waals surface area contributed by atoms with E-state index in [2.05, 4.69) is 5.32 Å². The summed E-state index contributed by atoms with van der Waals surface area (Å²) in [6.07, 6.45) is -0.309. The van der Waals surface area contributed by atoms with Gasteiger partial charge in [-0.1, -0.05) is 54.6 Å². The Labute approximate surface area is 194 Å². The molecule has 0 bridgehead atoms. The van der Waals surface area contributed by atoms with Gasteiger partial charge in [0.15, 0.2) is 6.10 Å². The van der Waals surface area contributed by atoms with E-state index in [1.807, 2.05) is 30.3 Å². The Morgan fingerprint density at radius 3 is 2.42 bits per heavy atom. The van der Waals surface area contributed by atoms with Crippen LogP contribution in [0.15, 0.2) is 78.9 Å². The molecule has 0 radical (unpaired) electrons. The number of anilines is 1. The Hall–Kier alpha value is -3.52. The van der Waals surface area contributed by atoms with Crippen molar-refractivity contribution in [1.82, 2.24) is 5.32 Å². The highest BCUT2D eigenvalue weighted by atomic mass is 32.2. The van der Waals surface area contributed by atoms with E-state index in [1.54, 1.807) is 55.6 Å². The van der Waals surface area contributed by atoms with Crippen molar-refractivity contribution in [3.63, 3.8) is 0 Å². The van der Waals surface area contributed by atoms with Crippen LogP contribution < -0.4 is 19.1 Å². The smallest absolute Gasteiger partial charge is 0.263 e. The summed E-state index contributed by atoms with van der Waals surface area (Å²) >= 11 is 0. The molecule has 33 heavy (non-hydrogen) atoms. The van der Waals surface area contributed by atoms with Crippen molar-refractivity contribution in [2.75, 3.05) is 24.5 Å². The Morgan fingerprint density at radius 1 is 1.00 bits per heavy atom. The second-order valence-electron chi connectivity index (χ2n) is 7.74. The number of fused-ring (bicyclic) bond motifs is 1. The van der Waals surface area contributed by atoms with Gasteiger partial charge in [-0.05, 0) is 41.8 Å². The Morgan fingerprint density at radius 2 is 1.70 bits per heavy atom. The van der Waals surface area contributed by atoms with Gasteiger partial charge in [-0.3, -0.25) is 9.10 Å². The Balaban J connectivity index is 1.45. The summed E-state index contributed by atoms with van der Waals surface area (Å²) in [5.74, 6) is 0.635. The average Bonchev–Trinajstić information content (AvgIpc) is 2.84. The van der Waals surface area contributed by atoms with Gasteiger partial charge in [-0.25, -0.2) is 8.42 Å². The molecule has 172 valence electrons. The number of ether oxygens (including phenoxy) is 2. The average molecular weight is 467 g/mol. The van der Waals surface area contributed by atoms with Gasteiger partial charge in [0.05, 0.1) is 25.1 Å². The van der Waals surface area contributed by atoms with Gasteiger partial charge in [0.2, 0.25) is 10.0 Å². The van der Waals surface area contributed by atoms with E-state index >= 15 is 0 Å². The number of carbonyl (C=O) groups is 1. The highest BCUT2D eigenvalue weighted by Crippen LogP contribution is 2.35. The van der Waals surface area contributed by atoms with Crippen LogP contribution in [0.1, 0.15) is 11.1 Å². The quantitative estimate of drug-likeness (QED) is 0.551. The van der Waals surface area contributed by atoms with Gasteiger partial charge in [0, 0.05) is 6.54 Å². The highest BCUT2D eigenvalue weighted by molar-refractivity contribution is 7.92. The van der Waals surface area contributed by atoms with E-state index in [0.29, 0.717) is 30.0 Å².